The predicted octanol–water partition coefficient (Wildman–Crippen LogP) is 1.11. The molecule has 1 aliphatic heterocycles. The lowest BCUT2D eigenvalue weighted by Crippen LogP contribution is -2.45. The number of hydrogen-bond donors (Lipinski definition) is 1. The molecule has 118 valence electrons. The standard InChI is InChI=1S/C15H25N3O2S/c1-12-10-18(9-8-15(12)16)11-13-4-6-14(7-5-13)21(19,20)17(2)3/h4-7,12,15H,8-11,16H2,1-3H3. The van der Waals surface area contributed by atoms with Gasteiger partial charge >= 0.3 is 0 Å². The molecule has 1 saturated heterocycles. The molecule has 1 aromatic rings. The summed E-state index contributed by atoms with van der Waals surface area (Å²) < 4.78 is 25.3. The first-order chi connectivity index (χ1) is 9.80. The van der Waals surface area contributed by atoms with Gasteiger partial charge in [-0.1, -0.05) is 19.1 Å². The first-order valence-corrected chi connectivity index (χ1v) is 8.74. The number of nitrogens with two attached hydrogens (primary N) is 1. The van der Waals surface area contributed by atoms with Crippen molar-refractivity contribution in [3.05, 3.63) is 29.8 Å². The van der Waals surface area contributed by atoms with Crippen LogP contribution in [0.5, 0.6) is 0 Å². The van der Waals surface area contributed by atoms with Crippen molar-refractivity contribution in [1.29, 1.82) is 0 Å². The average Bonchev–Trinajstić information content (AvgIpc) is 2.43. The highest BCUT2D eigenvalue weighted by Gasteiger charge is 2.23. The lowest BCUT2D eigenvalue weighted by atomic mass is 9.94. The predicted molar refractivity (Wildman–Crippen MR) is 84.3 cm³/mol. The van der Waals surface area contributed by atoms with Crippen molar-refractivity contribution in [1.82, 2.24) is 9.21 Å². The molecule has 1 fully saturated rings. The molecule has 0 bridgehead atoms. The highest BCUT2D eigenvalue weighted by Crippen LogP contribution is 2.19. The molecule has 0 aliphatic carbocycles. The summed E-state index contributed by atoms with van der Waals surface area (Å²) in [6, 6.07) is 7.47. The Morgan fingerprint density at radius 3 is 2.43 bits per heavy atom. The van der Waals surface area contributed by atoms with Gasteiger partial charge in [-0.05, 0) is 36.6 Å². The summed E-state index contributed by atoms with van der Waals surface area (Å²) >= 11 is 0. The largest absolute Gasteiger partial charge is 0.327 e. The van der Waals surface area contributed by atoms with Crippen LogP contribution in [0, 0.1) is 5.92 Å². The Morgan fingerprint density at radius 1 is 1.29 bits per heavy atom. The van der Waals surface area contributed by atoms with Crippen LogP contribution in [0.4, 0.5) is 0 Å². The average molecular weight is 311 g/mol. The normalized spacial score (nSPS) is 24.4. The minimum Gasteiger partial charge on any atom is -0.327 e. The van der Waals surface area contributed by atoms with Gasteiger partial charge in [-0.2, -0.15) is 0 Å². The maximum atomic E-state index is 12.0. The van der Waals surface area contributed by atoms with Gasteiger partial charge in [0.05, 0.1) is 4.90 Å². The van der Waals surface area contributed by atoms with E-state index in [1.165, 1.54) is 4.31 Å². The minimum atomic E-state index is -3.34. The van der Waals surface area contributed by atoms with E-state index in [0.717, 1.165) is 31.6 Å². The van der Waals surface area contributed by atoms with Gasteiger partial charge in [0.2, 0.25) is 10.0 Å². The van der Waals surface area contributed by atoms with Gasteiger partial charge in [0, 0.05) is 33.2 Å². The van der Waals surface area contributed by atoms with E-state index in [-0.39, 0.29) is 0 Å². The van der Waals surface area contributed by atoms with Crippen molar-refractivity contribution < 1.29 is 8.42 Å². The zero-order valence-corrected chi connectivity index (χ0v) is 13.8. The number of piperidine rings is 1. The van der Waals surface area contributed by atoms with E-state index in [1.54, 1.807) is 26.2 Å². The maximum Gasteiger partial charge on any atom is 0.242 e. The molecule has 2 rings (SSSR count). The SMILES string of the molecule is CC1CN(Cc2ccc(S(=O)(=O)N(C)C)cc2)CCC1N. The molecule has 5 nitrogen and oxygen atoms in total. The highest BCUT2D eigenvalue weighted by atomic mass is 32.2. The first-order valence-electron chi connectivity index (χ1n) is 7.30. The molecule has 6 heteroatoms. The Morgan fingerprint density at radius 2 is 1.90 bits per heavy atom. The first kappa shape index (κ1) is 16.4. The molecule has 1 aliphatic rings. The van der Waals surface area contributed by atoms with E-state index < -0.39 is 10.0 Å². The Labute approximate surface area is 127 Å². The topological polar surface area (TPSA) is 66.6 Å². The van der Waals surface area contributed by atoms with Crippen molar-refractivity contribution in [3.8, 4) is 0 Å². The van der Waals surface area contributed by atoms with E-state index in [9.17, 15) is 8.42 Å². The summed E-state index contributed by atoms with van der Waals surface area (Å²) in [6.07, 6.45) is 1.02. The molecule has 2 atom stereocenters. The van der Waals surface area contributed by atoms with Crippen molar-refractivity contribution in [2.45, 2.75) is 30.8 Å². The van der Waals surface area contributed by atoms with Gasteiger partial charge in [0.15, 0.2) is 0 Å². The van der Waals surface area contributed by atoms with Crippen LogP contribution in [-0.2, 0) is 16.6 Å². The van der Waals surface area contributed by atoms with Crippen LogP contribution in [0.2, 0.25) is 0 Å². The van der Waals surface area contributed by atoms with Crippen LogP contribution < -0.4 is 5.73 Å². The fourth-order valence-electron chi connectivity index (χ4n) is 2.63. The number of hydrogen-bond acceptors (Lipinski definition) is 4. The smallest absolute Gasteiger partial charge is 0.242 e. The number of likely N-dealkylation sites (tertiary alicyclic amines) is 1. The van der Waals surface area contributed by atoms with Crippen LogP contribution in [0.25, 0.3) is 0 Å². The second kappa shape index (κ2) is 6.44. The van der Waals surface area contributed by atoms with E-state index in [2.05, 4.69) is 11.8 Å². The van der Waals surface area contributed by atoms with Gasteiger partial charge in [0.25, 0.3) is 0 Å². The van der Waals surface area contributed by atoms with E-state index in [4.69, 9.17) is 5.73 Å². The van der Waals surface area contributed by atoms with Gasteiger partial charge in [-0.3, -0.25) is 4.90 Å². The minimum absolute atomic E-state index is 0.300. The molecule has 0 aromatic heterocycles. The number of rotatable bonds is 4. The third kappa shape index (κ3) is 3.83. The molecule has 21 heavy (non-hydrogen) atoms. The quantitative estimate of drug-likeness (QED) is 0.904. The second-order valence-corrected chi connectivity index (χ2v) is 8.25. The molecule has 2 unspecified atom stereocenters. The number of nitrogens with zero attached hydrogens (tertiary/aromatic N) is 2. The van der Waals surface area contributed by atoms with Gasteiger partial charge in [0.1, 0.15) is 0 Å². The molecule has 1 aromatic carbocycles. The third-order valence-electron chi connectivity index (χ3n) is 4.16. The monoisotopic (exact) mass is 311 g/mol. The van der Waals surface area contributed by atoms with E-state index >= 15 is 0 Å². The summed E-state index contributed by atoms with van der Waals surface area (Å²) in [4.78, 5) is 2.72. The Bertz CT molecular complexity index is 569. The molecular weight excluding hydrogens is 286 g/mol. The molecule has 0 spiro atoms. The molecule has 2 N–H and O–H groups in total. The van der Waals surface area contributed by atoms with Gasteiger partial charge in [-0.25, -0.2) is 12.7 Å². The van der Waals surface area contributed by atoms with Gasteiger partial charge in [-0.15, -0.1) is 0 Å². The Kier molecular flexibility index (Phi) is 5.03. The van der Waals surface area contributed by atoms with Crippen LogP contribution in [0.15, 0.2) is 29.2 Å². The van der Waals surface area contributed by atoms with Crippen molar-refractivity contribution >= 4 is 10.0 Å². The van der Waals surface area contributed by atoms with Crippen molar-refractivity contribution in [2.24, 2.45) is 11.7 Å². The Balaban J connectivity index is 2.03. The van der Waals surface area contributed by atoms with E-state index in [0.29, 0.717) is 16.9 Å². The van der Waals surface area contributed by atoms with Crippen molar-refractivity contribution in [3.63, 3.8) is 0 Å². The second-order valence-electron chi connectivity index (χ2n) is 6.10. The molecule has 0 saturated carbocycles. The van der Waals surface area contributed by atoms with Crippen LogP contribution in [0.3, 0.4) is 0 Å². The summed E-state index contributed by atoms with van der Waals surface area (Å²) in [5.74, 6) is 0.507. The fraction of sp³-hybridized carbons (Fsp3) is 0.600. The summed E-state index contributed by atoms with van der Waals surface area (Å²) in [7, 11) is -0.253. The molecular formula is C15H25N3O2S. The maximum absolute atomic E-state index is 12.0. The lowest BCUT2D eigenvalue weighted by Gasteiger charge is -2.35. The fourth-order valence-corrected chi connectivity index (χ4v) is 3.53. The summed E-state index contributed by atoms with van der Waals surface area (Å²) in [6.45, 7) is 5.03. The van der Waals surface area contributed by atoms with E-state index in [1.807, 2.05) is 12.1 Å². The number of benzene rings is 1. The van der Waals surface area contributed by atoms with Crippen LogP contribution >= 0.6 is 0 Å². The van der Waals surface area contributed by atoms with Crippen LogP contribution in [0.1, 0.15) is 18.9 Å². The zero-order valence-electron chi connectivity index (χ0n) is 13.0. The zero-order chi connectivity index (χ0) is 15.6. The van der Waals surface area contributed by atoms with Crippen molar-refractivity contribution in [2.75, 3.05) is 27.2 Å². The highest BCUT2D eigenvalue weighted by molar-refractivity contribution is 7.89. The molecule has 1 heterocycles. The summed E-state index contributed by atoms with van der Waals surface area (Å²) in [5.41, 5.74) is 7.17. The third-order valence-corrected chi connectivity index (χ3v) is 5.99. The number of sulfonamides is 1. The summed E-state index contributed by atoms with van der Waals surface area (Å²) in [5, 5.41) is 0. The van der Waals surface area contributed by atoms with Gasteiger partial charge < -0.3 is 5.73 Å². The lowest BCUT2D eigenvalue weighted by molar-refractivity contribution is 0.158. The molecule has 0 amide bonds. The van der Waals surface area contributed by atoms with Crippen LogP contribution in [-0.4, -0.2) is 50.8 Å². The Hall–Kier alpha value is -0.950. The molecule has 0 radical (unpaired) electrons.